The van der Waals surface area contributed by atoms with E-state index in [9.17, 15) is 4.79 Å². The summed E-state index contributed by atoms with van der Waals surface area (Å²) >= 11 is 0. The normalized spacial score (nSPS) is 17.9. The predicted octanol–water partition coefficient (Wildman–Crippen LogP) is 6.38. The van der Waals surface area contributed by atoms with Crippen LogP contribution in [0.15, 0.2) is 42.5 Å². The standard InChI is InChI=1S/C25H30O2/c1-17(15-18-7-9-19(10-8-18)23(26)27-6)20-11-12-21-22(16-20)25(4,5)14-13-24(21,2)3/h7-12,15-16H,13-14H2,1-6H3. The van der Waals surface area contributed by atoms with Gasteiger partial charge in [-0.25, -0.2) is 4.79 Å². The molecule has 1 aliphatic carbocycles. The van der Waals surface area contributed by atoms with Crippen LogP contribution in [-0.2, 0) is 15.6 Å². The first-order chi connectivity index (χ1) is 12.6. The third kappa shape index (κ3) is 3.85. The van der Waals surface area contributed by atoms with Crippen LogP contribution >= 0.6 is 0 Å². The first-order valence-electron chi connectivity index (χ1n) is 9.66. The van der Waals surface area contributed by atoms with Gasteiger partial charge in [-0.05, 0) is 70.6 Å². The Morgan fingerprint density at radius 1 is 0.889 bits per heavy atom. The molecule has 0 aromatic heterocycles. The number of benzene rings is 2. The van der Waals surface area contributed by atoms with Crippen LogP contribution in [0.5, 0.6) is 0 Å². The Bertz CT molecular complexity index is 883. The monoisotopic (exact) mass is 362 g/mol. The summed E-state index contributed by atoms with van der Waals surface area (Å²) in [6.07, 6.45) is 4.62. The van der Waals surface area contributed by atoms with Crippen molar-refractivity contribution in [2.24, 2.45) is 0 Å². The molecule has 142 valence electrons. The molecule has 2 aromatic carbocycles. The van der Waals surface area contributed by atoms with Crippen molar-refractivity contribution in [3.63, 3.8) is 0 Å². The number of esters is 1. The number of fused-ring (bicyclic) bond motifs is 1. The summed E-state index contributed by atoms with van der Waals surface area (Å²) < 4.78 is 4.76. The minimum absolute atomic E-state index is 0.212. The first kappa shape index (κ1) is 19.4. The van der Waals surface area contributed by atoms with Gasteiger partial charge in [0.05, 0.1) is 12.7 Å². The lowest BCUT2D eigenvalue weighted by molar-refractivity contribution is 0.0600. The van der Waals surface area contributed by atoms with Crippen LogP contribution in [0.25, 0.3) is 11.6 Å². The second-order valence-electron chi connectivity index (χ2n) is 8.97. The molecule has 0 saturated carbocycles. The van der Waals surface area contributed by atoms with Gasteiger partial charge in [-0.15, -0.1) is 0 Å². The molecule has 0 fully saturated rings. The fourth-order valence-corrected chi connectivity index (χ4v) is 4.00. The highest BCUT2D eigenvalue weighted by atomic mass is 16.5. The summed E-state index contributed by atoms with van der Waals surface area (Å²) in [5.74, 6) is -0.304. The Morgan fingerprint density at radius 2 is 1.44 bits per heavy atom. The summed E-state index contributed by atoms with van der Waals surface area (Å²) in [6, 6.07) is 14.5. The molecule has 0 aliphatic heterocycles. The van der Waals surface area contributed by atoms with E-state index in [0.29, 0.717) is 5.56 Å². The number of allylic oxidation sites excluding steroid dienone is 1. The van der Waals surface area contributed by atoms with Crippen molar-refractivity contribution >= 4 is 17.6 Å². The van der Waals surface area contributed by atoms with E-state index in [1.54, 1.807) is 0 Å². The van der Waals surface area contributed by atoms with Gasteiger partial charge < -0.3 is 4.74 Å². The molecule has 0 atom stereocenters. The molecule has 0 amide bonds. The molecular weight excluding hydrogens is 332 g/mol. The molecule has 0 radical (unpaired) electrons. The van der Waals surface area contributed by atoms with Gasteiger partial charge in [0.2, 0.25) is 0 Å². The molecule has 0 unspecified atom stereocenters. The van der Waals surface area contributed by atoms with E-state index in [2.05, 4.69) is 58.9 Å². The molecule has 0 saturated heterocycles. The SMILES string of the molecule is COC(=O)c1ccc(C=C(C)c2ccc3c(c2)C(C)(C)CCC3(C)C)cc1. The van der Waals surface area contributed by atoms with Gasteiger partial charge in [-0.2, -0.15) is 0 Å². The number of ether oxygens (including phenoxy) is 1. The summed E-state index contributed by atoms with van der Waals surface area (Å²) in [5.41, 5.74) is 7.55. The van der Waals surface area contributed by atoms with Crippen LogP contribution in [0.3, 0.4) is 0 Å². The van der Waals surface area contributed by atoms with Crippen LogP contribution in [0.4, 0.5) is 0 Å². The van der Waals surface area contributed by atoms with Gasteiger partial charge >= 0.3 is 5.97 Å². The van der Waals surface area contributed by atoms with Crippen LogP contribution in [-0.4, -0.2) is 13.1 Å². The van der Waals surface area contributed by atoms with Gasteiger partial charge in [0.1, 0.15) is 0 Å². The third-order valence-corrected chi connectivity index (χ3v) is 6.02. The quantitative estimate of drug-likeness (QED) is 0.467. The zero-order chi connectivity index (χ0) is 19.8. The van der Waals surface area contributed by atoms with Crippen LogP contribution in [0.2, 0.25) is 0 Å². The Labute approximate surface area is 163 Å². The summed E-state index contributed by atoms with van der Waals surface area (Å²) in [6.45, 7) is 11.6. The first-order valence-corrected chi connectivity index (χ1v) is 9.66. The molecule has 1 aliphatic rings. The van der Waals surface area contributed by atoms with E-state index in [1.165, 1.54) is 42.2 Å². The molecule has 2 nitrogen and oxygen atoms in total. The van der Waals surface area contributed by atoms with Crippen molar-refractivity contribution in [1.82, 2.24) is 0 Å². The largest absolute Gasteiger partial charge is 0.465 e. The lowest BCUT2D eigenvalue weighted by Gasteiger charge is -2.42. The summed E-state index contributed by atoms with van der Waals surface area (Å²) in [5, 5.41) is 0. The Balaban J connectivity index is 1.95. The smallest absolute Gasteiger partial charge is 0.337 e. The van der Waals surface area contributed by atoms with Gasteiger partial charge in [0.15, 0.2) is 0 Å². The minimum atomic E-state index is -0.304. The predicted molar refractivity (Wildman–Crippen MR) is 113 cm³/mol. The summed E-state index contributed by atoms with van der Waals surface area (Å²) in [7, 11) is 1.40. The van der Waals surface area contributed by atoms with Crippen molar-refractivity contribution in [2.45, 2.75) is 58.3 Å². The van der Waals surface area contributed by atoms with Crippen molar-refractivity contribution < 1.29 is 9.53 Å². The number of rotatable bonds is 3. The average Bonchev–Trinajstić information content (AvgIpc) is 2.65. The zero-order valence-corrected chi connectivity index (χ0v) is 17.3. The van der Waals surface area contributed by atoms with Gasteiger partial charge in [0.25, 0.3) is 0 Å². The van der Waals surface area contributed by atoms with Crippen molar-refractivity contribution in [3.05, 3.63) is 70.3 Å². The third-order valence-electron chi connectivity index (χ3n) is 6.02. The molecule has 3 rings (SSSR count). The molecule has 0 heterocycles. The van der Waals surface area contributed by atoms with E-state index >= 15 is 0 Å². The maximum absolute atomic E-state index is 11.6. The molecule has 27 heavy (non-hydrogen) atoms. The zero-order valence-electron chi connectivity index (χ0n) is 17.3. The summed E-state index contributed by atoms with van der Waals surface area (Å²) in [4.78, 5) is 11.6. The molecule has 0 N–H and O–H groups in total. The maximum Gasteiger partial charge on any atom is 0.337 e. The molecule has 2 aromatic rings. The maximum atomic E-state index is 11.6. The van der Waals surface area contributed by atoms with Gasteiger partial charge in [0, 0.05) is 0 Å². The van der Waals surface area contributed by atoms with E-state index in [-0.39, 0.29) is 16.8 Å². The van der Waals surface area contributed by atoms with E-state index in [0.717, 1.165) is 5.56 Å². The highest BCUT2D eigenvalue weighted by Gasteiger charge is 2.36. The van der Waals surface area contributed by atoms with Crippen LogP contribution in [0.1, 0.15) is 80.1 Å². The highest BCUT2D eigenvalue weighted by Crippen LogP contribution is 2.46. The molecule has 0 spiro atoms. The number of hydrogen-bond acceptors (Lipinski definition) is 2. The number of hydrogen-bond donors (Lipinski definition) is 0. The minimum Gasteiger partial charge on any atom is -0.465 e. The number of carbonyl (C=O) groups is 1. The van der Waals surface area contributed by atoms with E-state index < -0.39 is 0 Å². The molecule has 2 heteroatoms. The number of methoxy groups -OCH3 is 1. The van der Waals surface area contributed by atoms with Gasteiger partial charge in [-0.3, -0.25) is 0 Å². The highest BCUT2D eigenvalue weighted by molar-refractivity contribution is 5.90. The fraction of sp³-hybridized carbons (Fsp3) is 0.400. The van der Waals surface area contributed by atoms with Crippen molar-refractivity contribution in [2.75, 3.05) is 7.11 Å². The Morgan fingerprint density at radius 3 is 2.04 bits per heavy atom. The van der Waals surface area contributed by atoms with Crippen molar-refractivity contribution in [1.29, 1.82) is 0 Å². The number of carbonyl (C=O) groups excluding carboxylic acids is 1. The van der Waals surface area contributed by atoms with E-state index in [4.69, 9.17) is 4.74 Å². The lowest BCUT2D eigenvalue weighted by atomic mass is 9.63. The van der Waals surface area contributed by atoms with Gasteiger partial charge in [-0.1, -0.05) is 64.1 Å². The molecular formula is C25H30O2. The van der Waals surface area contributed by atoms with E-state index in [1.807, 2.05) is 24.3 Å². The Kier molecular flexibility index (Phi) is 5.03. The lowest BCUT2D eigenvalue weighted by Crippen LogP contribution is -2.33. The van der Waals surface area contributed by atoms with Crippen molar-refractivity contribution in [3.8, 4) is 0 Å². The second kappa shape index (κ2) is 6.99. The molecule has 0 bridgehead atoms. The Hall–Kier alpha value is -2.35. The average molecular weight is 363 g/mol. The topological polar surface area (TPSA) is 26.3 Å². The second-order valence-corrected chi connectivity index (χ2v) is 8.97. The van der Waals surface area contributed by atoms with Crippen LogP contribution in [0, 0.1) is 0 Å². The fourth-order valence-electron chi connectivity index (χ4n) is 4.00. The van der Waals surface area contributed by atoms with Crippen LogP contribution < -0.4 is 0 Å².